The Labute approximate surface area is 143 Å². The van der Waals surface area contributed by atoms with Crippen LogP contribution in [-0.4, -0.2) is 41.8 Å². The highest BCUT2D eigenvalue weighted by Gasteiger charge is 2.30. The molecule has 2 aliphatic rings. The van der Waals surface area contributed by atoms with E-state index in [1.165, 1.54) is 6.07 Å². The van der Waals surface area contributed by atoms with Gasteiger partial charge in [-0.1, -0.05) is 0 Å². The summed E-state index contributed by atoms with van der Waals surface area (Å²) >= 11 is 0. The molecule has 1 saturated heterocycles. The second kappa shape index (κ2) is 5.84. The summed E-state index contributed by atoms with van der Waals surface area (Å²) in [6.07, 6.45) is 1.89. The molecule has 1 aliphatic heterocycles. The van der Waals surface area contributed by atoms with Crippen molar-refractivity contribution in [3.05, 3.63) is 39.4 Å². The minimum Gasteiger partial charge on any atom is -0.477 e. The molecule has 7 heteroatoms. The number of carbonyl (C=O) groups is 1. The van der Waals surface area contributed by atoms with Gasteiger partial charge in [-0.2, -0.15) is 0 Å². The van der Waals surface area contributed by atoms with Crippen LogP contribution in [0.5, 0.6) is 0 Å². The molecule has 2 heterocycles. The second-order valence-electron chi connectivity index (χ2n) is 6.75. The number of carboxylic acids is 1. The van der Waals surface area contributed by atoms with Gasteiger partial charge in [0.2, 0.25) is 5.43 Å². The third-order valence-corrected chi connectivity index (χ3v) is 5.10. The number of aromatic carboxylic acids is 1. The van der Waals surface area contributed by atoms with Crippen molar-refractivity contribution in [1.29, 1.82) is 0 Å². The summed E-state index contributed by atoms with van der Waals surface area (Å²) in [5.74, 6) is -1.74. The van der Waals surface area contributed by atoms with Crippen LogP contribution in [0.1, 0.15) is 34.9 Å². The molecular formula is C18H20FN3O3. The van der Waals surface area contributed by atoms with E-state index in [2.05, 4.69) is 5.32 Å². The predicted octanol–water partition coefficient (Wildman–Crippen LogP) is 1.89. The highest BCUT2D eigenvalue weighted by molar-refractivity contribution is 5.95. The van der Waals surface area contributed by atoms with E-state index < -0.39 is 17.2 Å². The Morgan fingerprint density at radius 3 is 2.56 bits per heavy atom. The molecule has 25 heavy (non-hydrogen) atoms. The van der Waals surface area contributed by atoms with Crippen molar-refractivity contribution in [1.82, 2.24) is 9.88 Å². The number of halogens is 1. The molecule has 0 radical (unpaired) electrons. The van der Waals surface area contributed by atoms with Crippen LogP contribution in [0.4, 0.5) is 10.1 Å². The van der Waals surface area contributed by atoms with Crippen LogP contribution in [0.2, 0.25) is 0 Å². The first-order valence-electron chi connectivity index (χ1n) is 8.56. The number of fused-ring (bicyclic) bond motifs is 1. The quantitative estimate of drug-likeness (QED) is 0.889. The third-order valence-electron chi connectivity index (χ3n) is 5.10. The predicted molar refractivity (Wildman–Crippen MR) is 93.2 cm³/mol. The van der Waals surface area contributed by atoms with Gasteiger partial charge in [0, 0.05) is 43.3 Å². The molecule has 1 aromatic carbocycles. The van der Waals surface area contributed by atoms with Gasteiger partial charge in [-0.15, -0.1) is 0 Å². The van der Waals surface area contributed by atoms with E-state index in [-0.39, 0.29) is 17.0 Å². The van der Waals surface area contributed by atoms with Gasteiger partial charge >= 0.3 is 5.97 Å². The van der Waals surface area contributed by atoms with Crippen LogP contribution in [0.25, 0.3) is 10.9 Å². The smallest absolute Gasteiger partial charge is 0.341 e. The first-order chi connectivity index (χ1) is 12.0. The van der Waals surface area contributed by atoms with E-state index in [0.29, 0.717) is 30.0 Å². The zero-order chi connectivity index (χ0) is 17.7. The summed E-state index contributed by atoms with van der Waals surface area (Å²) in [4.78, 5) is 26.2. The molecule has 2 fully saturated rings. The fraction of sp³-hybridized carbons (Fsp3) is 0.444. The number of piperazine rings is 1. The fourth-order valence-electron chi connectivity index (χ4n) is 3.74. The summed E-state index contributed by atoms with van der Waals surface area (Å²) < 4.78 is 16.6. The molecule has 132 valence electrons. The molecule has 6 nitrogen and oxygen atoms in total. The summed E-state index contributed by atoms with van der Waals surface area (Å²) in [5.41, 5.74) is 0.692. The van der Waals surface area contributed by atoms with Crippen LogP contribution in [0.15, 0.2) is 16.9 Å². The molecule has 0 amide bonds. The maximum atomic E-state index is 14.7. The van der Waals surface area contributed by atoms with E-state index in [1.54, 1.807) is 13.0 Å². The third kappa shape index (κ3) is 2.59. The molecule has 0 atom stereocenters. The SMILES string of the molecule is Cc1c(C(=O)O)c(=O)c2cc(F)c(N3CCNCC3)cc2n1C1CC1. The van der Waals surface area contributed by atoms with Crippen molar-refractivity contribution >= 4 is 22.6 Å². The first kappa shape index (κ1) is 16.1. The molecule has 0 unspecified atom stereocenters. The van der Waals surface area contributed by atoms with Gasteiger partial charge in [0.05, 0.1) is 11.2 Å². The molecule has 0 spiro atoms. The van der Waals surface area contributed by atoms with E-state index in [9.17, 15) is 19.1 Å². The summed E-state index contributed by atoms with van der Waals surface area (Å²) in [7, 11) is 0. The Kier molecular flexibility index (Phi) is 3.76. The van der Waals surface area contributed by atoms with Gasteiger partial charge in [0.15, 0.2) is 0 Å². The van der Waals surface area contributed by atoms with Crippen molar-refractivity contribution < 1.29 is 14.3 Å². The van der Waals surface area contributed by atoms with E-state index in [4.69, 9.17) is 0 Å². The molecule has 2 aromatic rings. The van der Waals surface area contributed by atoms with E-state index in [0.717, 1.165) is 25.9 Å². The number of nitrogens with one attached hydrogen (secondary N) is 1. The molecule has 0 bridgehead atoms. The Morgan fingerprint density at radius 2 is 1.96 bits per heavy atom. The lowest BCUT2D eigenvalue weighted by molar-refractivity contribution is 0.0694. The van der Waals surface area contributed by atoms with Gasteiger partial charge in [-0.3, -0.25) is 4.79 Å². The lowest BCUT2D eigenvalue weighted by atomic mass is 10.1. The van der Waals surface area contributed by atoms with Crippen LogP contribution >= 0.6 is 0 Å². The molecule has 1 aliphatic carbocycles. The lowest BCUT2D eigenvalue weighted by Gasteiger charge is -2.30. The van der Waals surface area contributed by atoms with Crippen molar-refractivity contribution in [3.63, 3.8) is 0 Å². The number of carboxylic acid groups (broad SMARTS) is 1. The number of benzene rings is 1. The lowest BCUT2D eigenvalue weighted by Crippen LogP contribution is -2.44. The average Bonchev–Trinajstić information content (AvgIpc) is 3.40. The van der Waals surface area contributed by atoms with Crippen LogP contribution in [0.3, 0.4) is 0 Å². The molecule has 4 rings (SSSR count). The number of nitrogens with zero attached hydrogens (tertiary/aromatic N) is 2. The number of pyridine rings is 1. The van der Waals surface area contributed by atoms with Crippen molar-refractivity contribution in [2.24, 2.45) is 0 Å². The number of aromatic nitrogens is 1. The van der Waals surface area contributed by atoms with Crippen LogP contribution in [0, 0.1) is 12.7 Å². The Bertz CT molecular complexity index is 928. The summed E-state index contributed by atoms with van der Waals surface area (Å²) in [6, 6.07) is 3.11. The zero-order valence-corrected chi connectivity index (χ0v) is 14.0. The standard InChI is InChI=1S/C18H20FN3O3/c1-10-16(18(24)25)17(23)12-8-13(19)15(21-6-4-20-5-7-21)9-14(12)22(10)11-2-3-11/h8-9,11,20H,2-7H2,1H3,(H,24,25). The van der Waals surface area contributed by atoms with Gasteiger partial charge in [0.1, 0.15) is 11.4 Å². The number of hydrogen-bond donors (Lipinski definition) is 2. The zero-order valence-electron chi connectivity index (χ0n) is 14.0. The number of hydrogen-bond acceptors (Lipinski definition) is 4. The van der Waals surface area contributed by atoms with Gasteiger partial charge in [0.25, 0.3) is 0 Å². The topological polar surface area (TPSA) is 74.6 Å². The summed E-state index contributed by atoms with van der Waals surface area (Å²) in [6.45, 7) is 4.62. The highest BCUT2D eigenvalue weighted by atomic mass is 19.1. The largest absolute Gasteiger partial charge is 0.477 e. The maximum Gasteiger partial charge on any atom is 0.341 e. The van der Waals surface area contributed by atoms with Crippen molar-refractivity contribution in [3.8, 4) is 0 Å². The first-order valence-corrected chi connectivity index (χ1v) is 8.56. The number of rotatable bonds is 3. The minimum absolute atomic E-state index is 0.145. The number of anilines is 1. The maximum absolute atomic E-state index is 14.7. The molecule has 2 N–H and O–H groups in total. The van der Waals surface area contributed by atoms with Crippen LogP contribution < -0.4 is 15.6 Å². The highest BCUT2D eigenvalue weighted by Crippen LogP contribution is 2.39. The molecule has 1 aromatic heterocycles. The monoisotopic (exact) mass is 345 g/mol. The fourth-order valence-corrected chi connectivity index (χ4v) is 3.74. The Morgan fingerprint density at radius 1 is 1.28 bits per heavy atom. The second-order valence-corrected chi connectivity index (χ2v) is 6.75. The van der Waals surface area contributed by atoms with Crippen molar-refractivity contribution in [2.75, 3.05) is 31.1 Å². The van der Waals surface area contributed by atoms with E-state index in [1.807, 2.05) is 9.47 Å². The van der Waals surface area contributed by atoms with Gasteiger partial charge < -0.3 is 19.9 Å². The average molecular weight is 345 g/mol. The van der Waals surface area contributed by atoms with Gasteiger partial charge in [-0.05, 0) is 31.9 Å². The normalized spacial score (nSPS) is 17.9. The molecular weight excluding hydrogens is 325 g/mol. The Hall–Kier alpha value is -2.41. The van der Waals surface area contributed by atoms with E-state index >= 15 is 0 Å². The van der Waals surface area contributed by atoms with Gasteiger partial charge in [-0.25, -0.2) is 9.18 Å². The Balaban J connectivity index is 2.00. The summed E-state index contributed by atoms with van der Waals surface area (Å²) in [5, 5.41) is 12.8. The van der Waals surface area contributed by atoms with Crippen molar-refractivity contribution in [2.45, 2.75) is 25.8 Å². The molecule has 1 saturated carbocycles. The van der Waals surface area contributed by atoms with Crippen LogP contribution in [-0.2, 0) is 0 Å². The minimum atomic E-state index is -1.26.